The molecule has 1 aliphatic rings. The molecule has 0 aliphatic heterocycles. The third kappa shape index (κ3) is 2.29. The maximum Gasteiger partial charge on any atom is 0.309 e. The van der Waals surface area contributed by atoms with Crippen LogP contribution >= 0.6 is 23.6 Å². The van der Waals surface area contributed by atoms with Gasteiger partial charge in [0.05, 0.1) is 12.5 Å². The topological polar surface area (TPSA) is 42.1 Å². The zero-order valence-electron chi connectivity index (χ0n) is 8.54. The van der Waals surface area contributed by atoms with Crippen LogP contribution in [0.15, 0.2) is 0 Å². The first-order valence-corrected chi connectivity index (χ1v) is 6.30. The number of carbonyl (C=O) groups is 1. The monoisotopic (exact) mass is 243 g/mol. The van der Waals surface area contributed by atoms with Crippen LogP contribution in [0.25, 0.3) is 0 Å². The largest absolute Gasteiger partial charge is 0.466 e. The summed E-state index contributed by atoms with van der Waals surface area (Å²) >= 11 is 6.66. The predicted octanol–water partition coefficient (Wildman–Crippen LogP) is 2.47. The van der Waals surface area contributed by atoms with E-state index in [1.807, 2.05) is 6.92 Å². The van der Waals surface area contributed by atoms with E-state index in [0.29, 0.717) is 6.61 Å². The first-order chi connectivity index (χ1) is 7.20. The van der Waals surface area contributed by atoms with E-state index in [4.69, 9.17) is 17.0 Å². The highest BCUT2D eigenvalue weighted by Crippen LogP contribution is 2.29. The zero-order chi connectivity index (χ0) is 10.8. The molecular formula is C10H13NO2S2. The number of rotatable bonds is 2. The molecule has 5 heteroatoms. The molecule has 0 amide bonds. The highest BCUT2D eigenvalue weighted by Gasteiger charge is 2.27. The van der Waals surface area contributed by atoms with E-state index in [0.717, 1.165) is 23.2 Å². The number of aromatic amines is 1. The van der Waals surface area contributed by atoms with Crippen molar-refractivity contribution in [2.45, 2.75) is 26.2 Å². The third-order valence-electron chi connectivity index (χ3n) is 2.60. The Kier molecular flexibility index (Phi) is 3.21. The lowest BCUT2D eigenvalue weighted by Gasteiger charge is -2.19. The number of thiazole rings is 1. The van der Waals surface area contributed by atoms with Crippen LogP contribution in [-0.4, -0.2) is 17.6 Å². The van der Waals surface area contributed by atoms with Gasteiger partial charge < -0.3 is 9.72 Å². The highest BCUT2D eigenvalue weighted by molar-refractivity contribution is 7.73. The van der Waals surface area contributed by atoms with E-state index in [9.17, 15) is 4.79 Å². The van der Waals surface area contributed by atoms with Crippen molar-refractivity contribution in [3.63, 3.8) is 0 Å². The summed E-state index contributed by atoms with van der Waals surface area (Å²) in [5.41, 5.74) is 1.21. The van der Waals surface area contributed by atoms with Gasteiger partial charge in [-0.15, -0.1) is 11.3 Å². The summed E-state index contributed by atoms with van der Waals surface area (Å²) in [7, 11) is 0. The van der Waals surface area contributed by atoms with Gasteiger partial charge in [0.15, 0.2) is 3.95 Å². The summed E-state index contributed by atoms with van der Waals surface area (Å²) in [6.45, 7) is 2.30. The van der Waals surface area contributed by atoms with E-state index in [2.05, 4.69) is 4.98 Å². The molecule has 0 saturated carbocycles. The van der Waals surface area contributed by atoms with Gasteiger partial charge in [-0.05, 0) is 38.4 Å². The number of aromatic nitrogens is 1. The fourth-order valence-corrected chi connectivity index (χ4v) is 3.25. The molecule has 2 rings (SSSR count). The normalized spacial score (nSPS) is 19.7. The molecule has 0 aromatic carbocycles. The molecule has 1 aliphatic carbocycles. The second-order valence-electron chi connectivity index (χ2n) is 3.61. The first kappa shape index (κ1) is 10.8. The number of fused-ring (bicyclic) bond motifs is 1. The van der Waals surface area contributed by atoms with Crippen molar-refractivity contribution in [1.29, 1.82) is 0 Å². The maximum absolute atomic E-state index is 11.6. The second kappa shape index (κ2) is 4.45. The average molecular weight is 243 g/mol. The lowest BCUT2D eigenvalue weighted by Crippen LogP contribution is -2.24. The van der Waals surface area contributed by atoms with E-state index >= 15 is 0 Å². The Morgan fingerprint density at radius 1 is 1.73 bits per heavy atom. The van der Waals surface area contributed by atoms with Crippen LogP contribution in [0.1, 0.15) is 23.9 Å². The average Bonchev–Trinajstić information content (AvgIpc) is 2.57. The molecule has 1 unspecified atom stereocenters. The Labute approximate surface area is 97.5 Å². The maximum atomic E-state index is 11.6. The molecule has 1 heterocycles. The fourth-order valence-electron chi connectivity index (χ4n) is 1.86. The summed E-state index contributed by atoms with van der Waals surface area (Å²) < 4.78 is 5.84. The van der Waals surface area contributed by atoms with Gasteiger partial charge >= 0.3 is 5.97 Å². The lowest BCUT2D eigenvalue weighted by atomic mass is 9.91. The number of aryl methyl sites for hydroxylation is 1. The SMILES string of the molecule is CCOC(=O)C1CCc2[nH]c(=S)sc2C1. The predicted molar refractivity (Wildman–Crippen MR) is 61.7 cm³/mol. The zero-order valence-corrected chi connectivity index (χ0v) is 10.2. The summed E-state index contributed by atoms with van der Waals surface area (Å²) in [6, 6.07) is 0. The minimum atomic E-state index is -0.0672. The van der Waals surface area contributed by atoms with Crippen molar-refractivity contribution in [2.75, 3.05) is 6.61 Å². The third-order valence-corrected chi connectivity index (χ3v) is 3.90. The van der Waals surface area contributed by atoms with Gasteiger partial charge in [-0.1, -0.05) is 0 Å². The standard InChI is InChI=1S/C10H13NO2S2/c1-2-13-9(12)6-3-4-7-8(5-6)15-10(14)11-7/h6H,2-5H2,1H3,(H,11,14). The molecule has 1 aromatic heterocycles. The number of H-pyrrole nitrogens is 1. The summed E-state index contributed by atoms with van der Waals surface area (Å²) in [4.78, 5) is 16.0. The minimum Gasteiger partial charge on any atom is -0.466 e. The van der Waals surface area contributed by atoms with Gasteiger partial charge in [0.1, 0.15) is 0 Å². The number of hydrogen-bond donors (Lipinski definition) is 1. The van der Waals surface area contributed by atoms with E-state index in [1.165, 1.54) is 10.6 Å². The van der Waals surface area contributed by atoms with Gasteiger partial charge in [0.2, 0.25) is 0 Å². The Morgan fingerprint density at radius 3 is 3.27 bits per heavy atom. The number of carbonyl (C=O) groups excluding carboxylic acids is 1. The smallest absolute Gasteiger partial charge is 0.309 e. The summed E-state index contributed by atoms with van der Waals surface area (Å²) in [5.74, 6) is -0.0404. The molecule has 82 valence electrons. The quantitative estimate of drug-likeness (QED) is 0.641. The van der Waals surface area contributed by atoms with Crippen LogP contribution < -0.4 is 0 Å². The molecule has 1 N–H and O–H groups in total. The van der Waals surface area contributed by atoms with Crippen molar-refractivity contribution in [3.8, 4) is 0 Å². The molecule has 0 spiro atoms. The van der Waals surface area contributed by atoms with Crippen LogP contribution in [-0.2, 0) is 22.4 Å². The van der Waals surface area contributed by atoms with Gasteiger partial charge in [-0.3, -0.25) is 4.79 Å². The van der Waals surface area contributed by atoms with Crippen molar-refractivity contribution in [2.24, 2.45) is 5.92 Å². The summed E-state index contributed by atoms with van der Waals surface area (Å²) in [6.07, 6.45) is 2.56. The van der Waals surface area contributed by atoms with Gasteiger partial charge in [0.25, 0.3) is 0 Å². The molecule has 1 atom stereocenters. The molecule has 3 nitrogen and oxygen atoms in total. The van der Waals surface area contributed by atoms with Crippen molar-refractivity contribution in [1.82, 2.24) is 4.98 Å². The molecule has 0 saturated heterocycles. The first-order valence-electron chi connectivity index (χ1n) is 5.08. The molecule has 0 radical (unpaired) electrons. The van der Waals surface area contributed by atoms with Crippen LogP contribution in [0.4, 0.5) is 0 Å². The van der Waals surface area contributed by atoms with Crippen LogP contribution in [0, 0.1) is 9.87 Å². The van der Waals surface area contributed by atoms with Crippen molar-refractivity contribution in [3.05, 3.63) is 14.5 Å². The van der Waals surface area contributed by atoms with Gasteiger partial charge in [-0.25, -0.2) is 0 Å². The van der Waals surface area contributed by atoms with Crippen LogP contribution in [0.3, 0.4) is 0 Å². The van der Waals surface area contributed by atoms with E-state index < -0.39 is 0 Å². The minimum absolute atomic E-state index is 0.0268. The van der Waals surface area contributed by atoms with Crippen LogP contribution in [0.2, 0.25) is 0 Å². The van der Waals surface area contributed by atoms with Crippen molar-refractivity contribution >= 4 is 29.5 Å². The number of hydrogen-bond acceptors (Lipinski definition) is 4. The summed E-state index contributed by atoms with van der Waals surface area (Å²) in [5, 5.41) is 0. The van der Waals surface area contributed by atoms with Gasteiger partial charge in [-0.2, -0.15) is 0 Å². The highest BCUT2D eigenvalue weighted by atomic mass is 32.1. The van der Waals surface area contributed by atoms with E-state index in [-0.39, 0.29) is 11.9 Å². The fraction of sp³-hybridized carbons (Fsp3) is 0.600. The molecule has 0 fully saturated rings. The number of nitrogens with one attached hydrogen (secondary N) is 1. The van der Waals surface area contributed by atoms with E-state index in [1.54, 1.807) is 11.3 Å². The molecule has 0 bridgehead atoms. The molecule has 1 aromatic rings. The number of ether oxygens (including phenoxy) is 1. The molecular weight excluding hydrogens is 230 g/mol. The Morgan fingerprint density at radius 2 is 2.53 bits per heavy atom. The Bertz CT molecular complexity index is 421. The van der Waals surface area contributed by atoms with Crippen molar-refractivity contribution < 1.29 is 9.53 Å². The Hall–Kier alpha value is -0.680. The second-order valence-corrected chi connectivity index (χ2v) is 5.38. The lowest BCUT2D eigenvalue weighted by molar-refractivity contribution is -0.148. The Balaban J connectivity index is 2.11. The number of esters is 1. The van der Waals surface area contributed by atoms with Gasteiger partial charge in [0, 0.05) is 10.6 Å². The molecule has 15 heavy (non-hydrogen) atoms. The van der Waals surface area contributed by atoms with Crippen LogP contribution in [0.5, 0.6) is 0 Å².